The summed E-state index contributed by atoms with van der Waals surface area (Å²) in [5.41, 5.74) is 5.22. The Balaban J connectivity index is 3.54. The average molecular weight is 190 g/mol. The predicted octanol–water partition coefficient (Wildman–Crippen LogP) is 1.06. The van der Waals surface area contributed by atoms with Gasteiger partial charge >= 0.3 is 0 Å². The maximum atomic E-state index is 8.52. The largest absolute Gasteiger partial charge is 0.396 e. The molecule has 12 heavy (non-hydrogen) atoms. The van der Waals surface area contributed by atoms with Gasteiger partial charge in [0.25, 0.3) is 0 Å². The minimum Gasteiger partial charge on any atom is -0.396 e. The van der Waals surface area contributed by atoms with Crippen molar-refractivity contribution >= 4 is 17.6 Å². The van der Waals surface area contributed by atoms with Gasteiger partial charge in [0, 0.05) is 11.2 Å². The van der Waals surface area contributed by atoms with Gasteiger partial charge in [0.05, 0.1) is 12.4 Å². The molecule has 0 bridgehead atoms. The molecule has 0 saturated carbocycles. The van der Waals surface area contributed by atoms with E-state index in [1.54, 1.807) is 11.8 Å². The van der Waals surface area contributed by atoms with Gasteiger partial charge in [0.1, 0.15) is 0 Å². The molecular weight excluding hydrogens is 172 g/mol. The molecule has 0 fully saturated rings. The third-order valence-electron chi connectivity index (χ3n) is 1.84. The lowest BCUT2D eigenvalue weighted by Crippen LogP contribution is -2.31. The number of nitrogens with one attached hydrogen (secondary N) is 1. The van der Waals surface area contributed by atoms with Crippen molar-refractivity contribution in [2.45, 2.75) is 20.3 Å². The molecule has 0 unspecified atom stereocenters. The molecule has 0 aromatic rings. The molecule has 0 atom stereocenters. The van der Waals surface area contributed by atoms with E-state index < -0.39 is 0 Å². The van der Waals surface area contributed by atoms with E-state index in [4.69, 9.17) is 16.2 Å². The summed E-state index contributed by atoms with van der Waals surface area (Å²) in [7, 11) is 0. The molecule has 0 heterocycles. The lowest BCUT2D eigenvalue weighted by Gasteiger charge is -2.22. The summed E-state index contributed by atoms with van der Waals surface area (Å²) in [6.45, 7) is 4.16. The highest BCUT2D eigenvalue weighted by Gasteiger charge is 2.20. The molecule has 0 spiro atoms. The Labute approximate surface area is 78.2 Å². The second-order valence-electron chi connectivity index (χ2n) is 3.38. The molecule has 0 aliphatic heterocycles. The molecule has 4 heteroatoms. The number of amidine groups is 1. The van der Waals surface area contributed by atoms with Gasteiger partial charge in [-0.25, -0.2) is 0 Å². The minimum atomic E-state index is -0.192. The monoisotopic (exact) mass is 190 g/mol. The van der Waals surface area contributed by atoms with Crippen molar-refractivity contribution in [2.24, 2.45) is 11.1 Å². The van der Waals surface area contributed by atoms with E-state index in [-0.39, 0.29) is 17.9 Å². The highest BCUT2D eigenvalue weighted by atomic mass is 32.2. The Morgan fingerprint density at radius 2 is 2.08 bits per heavy atom. The lowest BCUT2D eigenvalue weighted by atomic mass is 9.89. The lowest BCUT2D eigenvalue weighted by molar-refractivity contribution is 0.322. The van der Waals surface area contributed by atoms with Crippen LogP contribution in [0.15, 0.2) is 0 Å². The van der Waals surface area contributed by atoms with Crippen molar-refractivity contribution in [3.63, 3.8) is 0 Å². The maximum absolute atomic E-state index is 8.52. The van der Waals surface area contributed by atoms with Crippen LogP contribution in [0.1, 0.15) is 20.3 Å². The maximum Gasteiger partial charge on any atom is 0.0963 e. The smallest absolute Gasteiger partial charge is 0.0963 e. The number of thioether (sulfide) groups is 1. The molecular formula is C8H18N2OS. The van der Waals surface area contributed by atoms with Crippen LogP contribution in [0, 0.1) is 10.8 Å². The topological polar surface area (TPSA) is 70.1 Å². The van der Waals surface area contributed by atoms with Crippen molar-refractivity contribution in [2.75, 3.05) is 18.1 Å². The van der Waals surface area contributed by atoms with Crippen molar-refractivity contribution in [3.05, 3.63) is 0 Å². The molecule has 0 aromatic carbocycles. The van der Waals surface area contributed by atoms with Gasteiger partial charge in [-0.3, -0.25) is 5.41 Å². The van der Waals surface area contributed by atoms with Gasteiger partial charge in [-0.1, -0.05) is 13.8 Å². The summed E-state index contributed by atoms with van der Waals surface area (Å²) >= 11 is 1.70. The van der Waals surface area contributed by atoms with Gasteiger partial charge in [0.15, 0.2) is 0 Å². The zero-order valence-electron chi connectivity index (χ0n) is 7.76. The van der Waals surface area contributed by atoms with E-state index in [1.807, 2.05) is 13.8 Å². The fourth-order valence-electron chi connectivity index (χ4n) is 0.629. The third-order valence-corrected chi connectivity index (χ3v) is 2.80. The number of nitrogens with two attached hydrogens (primary N) is 1. The van der Waals surface area contributed by atoms with E-state index in [1.165, 1.54) is 0 Å². The standard InChI is InChI=1S/C8H18N2OS/c1-8(2,7(9)10)3-5-12-6-4-11/h11H,3-6H2,1-2H3,(H3,9,10). The second-order valence-corrected chi connectivity index (χ2v) is 4.61. The first-order valence-corrected chi connectivity index (χ1v) is 5.19. The molecule has 0 amide bonds. The zero-order valence-corrected chi connectivity index (χ0v) is 8.58. The van der Waals surface area contributed by atoms with Crippen LogP contribution in [0.5, 0.6) is 0 Å². The average Bonchev–Trinajstić information content (AvgIpc) is 1.98. The Morgan fingerprint density at radius 3 is 2.50 bits per heavy atom. The first-order valence-electron chi connectivity index (χ1n) is 4.04. The van der Waals surface area contributed by atoms with E-state index in [0.29, 0.717) is 0 Å². The van der Waals surface area contributed by atoms with Crippen LogP contribution in [0.4, 0.5) is 0 Å². The number of hydrogen-bond donors (Lipinski definition) is 3. The molecule has 0 saturated heterocycles. The Morgan fingerprint density at radius 1 is 1.50 bits per heavy atom. The summed E-state index contributed by atoms with van der Waals surface area (Å²) in [4.78, 5) is 0. The Hall–Kier alpha value is -0.220. The van der Waals surface area contributed by atoms with E-state index in [0.717, 1.165) is 17.9 Å². The molecule has 0 rings (SSSR count). The van der Waals surface area contributed by atoms with Crippen LogP contribution in [-0.2, 0) is 0 Å². The van der Waals surface area contributed by atoms with E-state index in [2.05, 4.69) is 0 Å². The van der Waals surface area contributed by atoms with E-state index >= 15 is 0 Å². The van der Waals surface area contributed by atoms with Crippen LogP contribution in [0.25, 0.3) is 0 Å². The molecule has 4 N–H and O–H groups in total. The Bertz CT molecular complexity index is 148. The van der Waals surface area contributed by atoms with Crippen LogP contribution in [-0.4, -0.2) is 29.1 Å². The van der Waals surface area contributed by atoms with Crippen LogP contribution >= 0.6 is 11.8 Å². The van der Waals surface area contributed by atoms with Gasteiger partial charge in [0.2, 0.25) is 0 Å². The van der Waals surface area contributed by atoms with Gasteiger partial charge in [-0.15, -0.1) is 0 Å². The highest BCUT2D eigenvalue weighted by molar-refractivity contribution is 7.99. The Kier molecular flexibility index (Phi) is 5.33. The van der Waals surface area contributed by atoms with Crippen LogP contribution < -0.4 is 5.73 Å². The number of aliphatic hydroxyl groups is 1. The first kappa shape index (κ1) is 11.8. The normalized spacial score (nSPS) is 11.6. The summed E-state index contributed by atoms with van der Waals surface area (Å²) in [6.07, 6.45) is 0.896. The first-order chi connectivity index (χ1) is 5.50. The van der Waals surface area contributed by atoms with Crippen molar-refractivity contribution < 1.29 is 5.11 Å². The van der Waals surface area contributed by atoms with Crippen LogP contribution in [0.2, 0.25) is 0 Å². The summed E-state index contributed by atoms with van der Waals surface area (Å²) in [6, 6.07) is 0. The molecule has 0 aliphatic carbocycles. The van der Waals surface area contributed by atoms with Crippen molar-refractivity contribution in [1.29, 1.82) is 5.41 Å². The SMILES string of the molecule is CC(C)(CCSCCO)C(=N)N. The zero-order chi connectivity index (χ0) is 9.61. The summed E-state index contributed by atoms with van der Waals surface area (Å²) in [5, 5.41) is 15.8. The number of rotatable bonds is 6. The summed E-state index contributed by atoms with van der Waals surface area (Å²) < 4.78 is 0. The molecule has 0 aromatic heterocycles. The molecule has 0 radical (unpaired) electrons. The minimum absolute atomic E-state index is 0.192. The second kappa shape index (κ2) is 5.43. The molecule has 3 nitrogen and oxygen atoms in total. The quantitative estimate of drug-likeness (QED) is 0.333. The van der Waals surface area contributed by atoms with Gasteiger partial charge in [-0.05, 0) is 12.2 Å². The summed E-state index contributed by atoms with van der Waals surface area (Å²) in [5.74, 6) is 1.97. The molecule has 72 valence electrons. The van der Waals surface area contributed by atoms with Crippen molar-refractivity contribution in [3.8, 4) is 0 Å². The highest BCUT2D eigenvalue weighted by Crippen LogP contribution is 2.21. The van der Waals surface area contributed by atoms with Gasteiger partial charge < -0.3 is 10.8 Å². The van der Waals surface area contributed by atoms with Crippen LogP contribution in [0.3, 0.4) is 0 Å². The predicted molar refractivity (Wildman–Crippen MR) is 54.7 cm³/mol. The molecule has 0 aliphatic rings. The van der Waals surface area contributed by atoms with Gasteiger partial charge in [-0.2, -0.15) is 11.8 Å². The van der Waals surface area contributed by atoms with Crippen molar-refractivity contribution in [1.82, 2.24) is 0 Å². The fourth-order valence-corrected chi connectivity index (χ4v) is 1.62. The fraction of sp³-hybridized carbons (Fsp3) is 0.875. The number of aliphatic hydroxyl groups excluding tert-OH is 1. The van der Waals surface area contributed by atoms with E-state index in [9.17, 15) is 0 Å². The third kappa shape index (κ3) is 4.62. The number of hydrogen-bond acceptors (Lipinski definition) is 3.